The van der Waals surface area contributed by atoms with Gasteiger partial charge in [0.25, 0.3) is 0 Å². The zero-order valence-electron chi connectivity index (χ0n) is 27.0. The number of morpholine rings is 1. The molecule has 2 N–H and O–H groups in total. The molecule has 1 fully saturated rings. The third-order valence-electron chi connectivity index (χ3n) is 8.91. The molecule has 4 rings (SSSR count). The molecule has 1 aromatic carbocycles. The van der Waals surface area contributed by atoms with Gasteiger partial charge in [-0.15, -0.1) is 0 Å². The lowest BCUT2D eigenvalue weighted by atomic mass is 9.89. The molecule has 3 aromatic rings. The molecule has 3 atom stereocenters. The van der Waals surface area contributed by atoms with Crippen LogP contribution in [-0.4, -0.2) is 72.2 Å². The largest absolute Gasteiger partial charge is 0.465 e. The van der Waals surface area contributed by atoms with Gasteiger partial charge in [0.05, 0.1) is 61.2 Å². The number of rotatable bonds is 11. The van der Waals surface area contributed by atoms with Crippen LogP contribution >= 0.6 is 11.6 Å². The predicted octanol–water partition coefficient (Wildman–Crippen LogP) is 7.41. The van der Waals surface area contributed by atoms with Crippen LogP contribution in [0.5, 0.6) is 0 Å². The van der Waals surface area contributed by atoms with E-state index in [9.17, 15) is 23.5 Å². The van der Waals surface area contributed by atoms with Gasteiger partial charge < -0.3 is 19.6 Å². The lowest BCUT2D eigenvalue weighted by Gasteiger charge is -2.41. The van der Waals surface area contributed by atoms with E-state index in [0.717, 1.165) is 12.4 Å². The normalized spacial score (nSPS) is 17.8. The second-order valence-electron chi connectivity index (χ2n) is 13.2. The average molecular weight is 693 g/mol. The van der Waals surface area contributed by atoms with Crippen molar-refractivity contribution in [3.05, 3.63) is 88.2 Å². The first kappa shape index (κ1) is 36.3. The number of aromatic nitrogens is 2. The molecule has 1 saturated heterocycles. The molecule has 9 nitrogen and oxygen atoms in total. The van der Waals surface area contributed by atoms with Crippen molar-refractivity contribution in [1.29, 1.82) is 0 Å². The molecule has 0 aliphatic carbocycles. The van der Waals surface area contributed by atoms with Crippen LogP contribution in [0.4, 0.5) is 23.7 Å². The minimum atomic E-state index is -2.11. The number of carboxylic acid groups (broad SMARTS) is 1. The number of anilines is 1. The quantitative estimate of drug-likeness (QED) is 0.201. The van der Waals surface area contributed by atoms with Crippen LogP contribution < -0.4 is 5.32 Å². The van der Waals surface area contributed by atoms with Gasteiger partial charge in [0.15, 0.2) is 8.32 Å². The van der Waals surface area contributed by atoms with Gasteiger partial charge in [0.2, 0.25) is 5.91 Å². The van der Waals surface area contributed by atoms with Crippen LogP contribution in [0.15, 0.2) is 49.1 Å². The van der Waals surface area contributed by atoms with Gasteiger partial charge in [-0.1, -0.05) is 38.4 Å². The van der Waals surface area contributed by atoms with Gasteiger partial charge in [0, 0.05) is 24.1 Å². The van der Waals surface area contributed by atoms with Gasteiger partial charge >= 0.3 is 6.09 Å². The number of amides is 2. The summed E-state index contributed by atoms with van der Waals surface area (Å²) in [7, 11) is -2.11. The van der Waals surface area contributed by atoms with Crippen LogP contribution in [0, 0.1) is 17.5 Å². The zero-order chi connectivity index (χ0) is 34.5. The van der Waals surface area contributed by atoms with Gasteiger partial charge in [-0.3, -0.25) is 19.7 Å². The maximum Gasteiger partial charge on any atom is 0.407 e. The molecule has 3 unspecified atom stereocenters. The summed E-state index contributed by atoms with van der Waals surface area (Å²) in [5.41, 5.74) is 1.01. The summed E-state index contributed by atoms with van der Waals surface area (Å²) in [6.45, 7) is 11.0. The molecule has 3 heterocycles. The molecule has 47 heavy (non-hydrogen) atoms. The van der Waals surface area contributed by atoms with Crippen molar-refractivity contribution < 1.29 is 37.0 Å². The lowest BCUT2D eigenvalue weighted by molar-refractivity contribution is -0.116. The van der Waals surface area contributed by atoms with E-state index < -0.39 is 55.8 Å². The number of carbonyl (C=O) groups is 2. The Bertz CT molecular complexity index is 1590. The number of pyridine rings is 2. The van der Waals surface area contributed by atoms with Crippen molar-refractivity contribution in [1.82, 2.24) is 14.9 Å². The van der Waals surface area contributed by atoms with E-state index in [0.29, 0.717) is 11.1 Å². The minimum Gasteiger partial charge on any atom is -0.465 e. The molecule has 0 saturated carbocycles. The second-order valence-corrected chi connectivity index (χ2v) is 18.4. The molecule has 0 spiro atoms. The first-order valence-electron chi connectivity index (χ1n) is 15.3. The van der Waals surface area contributed by atoms with Crippen molar-refractivity contribution >= 4 is 37.6 Å². The zero-order valence-corrected chi connectivity index (χ0v) is 28.8. The van der Waals surface area contributed by atoms with Gasteiger partial charge in [0.1, 0.15) is 17.5 Å². The Kier molecular flexibility index (Phi) is 11.7. The maximum atomic E-state index is 15.1. The summed E-state index contributed by atoms with van der Waals surface area (Å²) < 4.78 is 55.8. The number of hydrogen-bond acceptors (Lipinski definition) is 6. The second kappa shape index (κ2) is 15.1. The van der Waals surface area contributed by atoms with Crippen molar-refractivity contribution in [3.8, 4) is 0 Å². The molecule has 14 heteroatoms. The molecular weight excluding hydrogens is 653 g/mol. The van der Waals surface area contributed by atoms with Crippen LogP contribution in [0.2, 0.25) is 23.2 Å². The number of nitrogens with one attached hydrogen (secondary N) is 1. The van der Waals surface area contributed by atoms with Crippen molar-refractivity contribution in [2.45, 2.75) is 76.2 Å². The first-order valence-corrected chi connectivity index (χ1v) is 18.6. The van der Waals surface area contributed by atoms with E-state index in [-0.39, 0.29) is 60.3 Å². The van der Waals surface area contributed by atoms with Crippen LogP contribution in [-0.2, 0) is 20.4 Å². The van der Waals surface area contributed by atoms with E-state index in [1.807, 2.05) is 0 Å². The first-order chi connectivity index (χ1) is 22.1. The number of hydrogen-bond donors (Lipinski definition) is 2. The summed E-state index contributed by atoms with van der Waals surface area (Å²) in [6, 6.07) is 4.80. The smallest absolute Gasteiger partial charge is 0.407 e. The summed E-state index contributed by atoms with van der Waals surface area (Å²) in [5, 5.41) is 12.5. The fourth-order valence-corrected chi connectivity index (χ4v) is 6.28. The molecule has 2 aromatic heterocycles. The van der Waals surface area contributed by atoms with Crippen molar-refractivity contribution in [2.24, 2.45) is 0 Å². The van der Waals surface area contributed by atoms with E-state index in [1.54, 1.807) is 0 Å². The van der Waals surface area contributed by atoms with E-state index >= 15 is 4.39 Å². The Morgan fingerprint density at radius 3 is 2.49 bits per heavy atom. The Hall–Kier alpha value is -3.52. The highest BCUT2D eigenvalue weighted by Gasteiger charge is 2.40. The maximum absolute atomic E-state index is 15.1. The van der Waals surface area contributed by atoms with Gasteiger partial charge in [-0.05, 0) is 60.3 Å². The standard InChI is InChI=1S/C33H40ClF3N4O5Si/c1-33(2,3)47(4,5)46-19-23-18-45-24(17-41(23)32(43)44)7-8-25-29(37)15-39-16-30(25)40-31(42)12-26(21-10-22(35)14-38-13-21)20-6-9-27(34)28(36)11-20/h6,9-11,13-16,23-24,26H,7-8,12,17-19H2,1-5H3,(H,40,42)(H,43,44). The summed E-state index contributed by atoms with van der Waals surface area (Å²) in [6.07, 6.45) is 3.28. The van der Waals surface area contributed by atoms with Crippen molar-refractivity contribution in [3.63, 3.8) is 0 Å². The fourth-order valence-electron chi connectivity index (χ4n) is 5.12. The van der Waals surface area contributed by atoms with Crippen molar-refractivity contribution in [2.75, 3.05) is 25.1 Å². The Labute approximate surface area is 278 Å². The van der Waals surface area contributed by atoms with Crippen LogP contribution in [0.25, 0.3) is 0 Å². The topological polar surface area (TPSA) is 114 Å². The molecular formula is C33H40ClF3N4O5Si. The molecule has 254 valence electrons. The predicted molar refractivity (Wildman–Crippen MR) is 175 cm³/mol. The molecule has 0 bridgehead atoms. The highest BCUT2D eigenvalue weighted by Crippen LogP contribution is 2.37. The van der Waals surface area contributed by atoms with Crippen LogP contribution in [0.1, 0.15) is 56.2 Å². The Morgan fingerprint density at radius 1 is 1.11 bits per heavy atom. The number of ether oxygens (including phenoxy) is 1. The third kappa shape index (κ3) is 9.31. The number of benzene rings is 1. The highest BCUT2D eigenvalue weighted by atomic mass is 35.5. The average Bonchev–Trinajstić information content (AvgIpc) is 2.99. The van der Waals surface area contributed by atoms with E-state index in [1.165, 1.54) is 41.6 Å². The third-order valence-corrected chi connectivity index (χ3v) is 13.7. The molecule has 1 aliphatic heterocycles. The fraction of sp³-hybridized carbons (Fsp3) is 0.455. The Balaban J connectivity index is 1.44. The monoisotopic (exact) mass is 692 g/mol. The highest BCUT2D eigenvalue weighted by molar-refractivity contribution is 6.74. The van der Waals surface area contributed by atoms with Gasteiger partial charge in [-0.25, -0.2) is 18.0 Å². The number of halogens is 4. The SMILES string of the molecule is CC(C)(C)[Si](C)(C)OCC1COC(CCc2c(F)cncc2NC(=O)CC(c2cncc(F)c2)c2ccc(Cl)c(F)c2)CN1C(=O)O. The van der Waals surface area contributed by atoms with Gasteiger partial charge in [-0.2, -0.15) is 0 Å². The number of nitrogens with zero attached hydrogens (tertiary/aromatic N) is 3. The summed E-state index contributed by atoms with van der Waals surface area (Å²) >= 11 is 5.85. The summed E-state index contributed by atoms with van der Waals surface area (Å²) in [5.74, 6) is -3.32. The van der Waals surface area contributed by atoms with E-state index in [2.05, 4.69) is 49.1 Å². The number of carbonyl (C=O) groups excluding carboxylic acids is 1. The minimum absolute atomic E-state index is 0.0355. The lowest BCUT2D eigenvalue weighted by Crippen LogP contribution is -2.55. The summed E-state index contributed by atoms with van der Waals surface area (Å²) in [4.78, 5) is 34.5. The molecule has 0 radical (unpaired) electrons. The molecule has 2 amide bonds. The molecule has 1 aliphatic rings. The van der Waals surface area contributed by atoms with E-state index in [4.69, 9.17) is 20.8 Å². The Morgan fingerprint density at radius 2 is 1.83 bits per heavy atom. The van der Waals surface area contributed by atoms with Crippen LogP contribution in [0.3, 0.4) is 0 Å².